The molecule has 0 radical (unpaired) electrons. The van der Waals surface area contributed by atoms with Crippen LogP contribution < -0.4 is 4.74 Å². The van der Waals surface area contributed by atoms with Crippen LogP contribution in [0.15, 0.2) is 66.1 Å². The number of fused-ring (bicyclic) bond motifs is 1. The first kappa shape index (κ1) is 18.1. The molecule has 2 aromatic carbocycles. The smallest absolute Gasteiger partial charge is 0.173 e. The van der Waals surface area contributed by atoms with Crippen molar-refractivity contribution in [3.8, 4) is 11.4 Å². The van der Waals surface area contributed by atoms with Crippen molar-refractivity contribution >= 4 is 28.6 Å². The summed E-state index contributed by atoms with van der Waals surface area (Å²) in [5.74, 6) is 0.614. The summed E-state index contributed by atoms with van der Waals surface area (Å²) in [5, 5.41) is 5.74. The highest BCUT2D eigenvalue weighted by molar-refractivity contribution is 8.00. The van der Waals surface area contributed by atoms with Crippen LogP contribution in [0.4, 0.5) is 4.39 Å². The standard InChI is InChI=1S/C20H15FN4O2S/c1-27-16-8-2-13(3-9-16)18(26)11-28-20-17-10-24-25(19(17)22-12-23-20)15-6-4-14(21)5-7-15/h2-10,12H,11H2,1H3. The molecule has 0 aliphatic heterocycles. The van der Waals surface area contributed by atoms with Crippen LogP contribution in [0.1, 0.15) is 10.4 Å². The Morgan fingerprint density at radius 3 is 2.57 bits per heavy atom. The van der Waals surface area contributed by atoms with Gasteiger partial charge in [-0.2, -0.15) is 5.10 Å². The number of aromatic nitrogens is 4. The largest absolute Gasteiger partial charge is 0.497 e. The van der Waals surface area contributed by atoms with Gasteiger partial charge >= 0.3 is 0 Å². The van der Waals surface area contributed by atoms with Crippen LogP contribution in [0.2, 0.25) is 0 Å². The molecule has 0 unspecified atom stereocenters. The zero-order valence-corrected chi connectivity index (χ0v) is 15.7. The average Bonchev–Trinajstić information content (AvgIpc) is 3.17. The maximum absolute atomic E-state index is 13.2. The molecule has 4 aromatic rings. The quantitative estimate of drug-likeness (QED) is 0.280. The number of carbonyl (C=O) groups is 1. The van der Waals surface area contributed by atoms with Crippen molar-refractivity contribution in [2.75, 3.05) is 12.9 Å². The number of hydrogen-bond donors (Lipinski definition) is 0. The molecule has 0 N–H and O–H groups in total. The number of benzene rings is 2. The molecule has 2 heterocycles. The predicted molar refractivity (Wildman–Crippen MR) is 105 cm³/mol. The van der Waals surface area contributed by atoms with Crippen LogP contribution in [-0.2, 0) is 0 Å². The summed E-state index contributed by atoms with van der Waals surface area (Å²) in [6.07, 6.45) is 3.09. The van der Waals surface area contributed by atoms with E-state index in [0.29, 0.717) is 27.7 Å². The molecule has 140 valence electrons. The van der Waals surface area contributed by atoms with Crippen LogP contribution in [0, 0.1) is 5.82 Å². The highest BCUT2D eigenvalue weighted by Crippen LogP contribution is 2.26. The Morgan fingerprint density at radius 2 is 1.86 bits per heavy atom. The number of ketones is 1. The summed E-state index contributed by atoms with van der Waals surface area (Å²) in [7, 11) is 1.58. The monoisotopic (exact) mass is 394 g/mol. The maximum Gasteiger partial charge on any atom is 0.173 e. The molecule has 28 heavy (non-hydrogen) atoms. The van der Waals surface area contributed by atoms with Crippen LogP contribution >= 0.6 is 11.8 Å². The van der Waals surface area contributed by atoms with Gasteiger partial charge in [-0.15, -0.1) is 0 Å². The minimum absolute atomic E-state index is 0.00894. The lowest BCUT2D eigenvalue weighted by molar-refractivity contribution is 0.102. The average molecular weight is 394 g/mol. The number of ether oxygens (including phenoxy) is 1. The van der Waals surface area contributed by atoms with E-state index in [2.05, 4.69) is 15.1 Å². The number of carbonyl (C=O) groups excluding carboxylic acids is 1. The summed E-state index contributed by atoms with van der Waals surface area (Å²) in [6, 6.07) is 13.0. The lowest BCUT2D eigenvalue weighted by atomic mass is 10.1. The minimum atomic E-state index is -0.317. The van der Waals surface area contributed by atoms with Crippen LogP contribution in [0.5, 0.6) is 5.75 Å². The second-order valence-electron chi connectivity index (χ2n) is 5.89. The first-order chi connectivity index (χ1) is 13.7. The van der Waals surface area contributed by atoms with Crippen molar-refractivity contribution < 1.29 is 13.9 Å². The fourth-order valence-electron chi connectivity index (χ4n) is 2.70. The molecular weight excluding hydrogens is 379 g/mol. The summed E-state index contributed by atoms with van der Waals surface area (Å²) in [4.78, 5) is 21.0. The molecule has 0 spiro atoms. The third-order valence-electron chi connectivity index (χ3n) is 4.15. The highest BCUT2D eigenvalue weighted by atomic mass is 32.2. The molecule has 0 aliphatic rings. The molecule has 8 heteroatoms. The zero-order chi connectivity index (χ0) is 19.5. The van der Waals surface area contributed by atoms with Gasteiger partial charge in [-0.1, -0.05) is 11.8 Å². The summed E-state index contributed by atoms with van der Waals surface area (Å²) in [6.45, 7) is 0. The SMILES string of the molecule is COc1ccc(C(=O)CSc2ncnc3c2cnn3-c2ccc(F)cc2)cc1. The van der Waals surface area contributed by atoms with E-state index in [9.17, 15) is 9.18 Å². The van der Waals surface area contributed by atoms with Gasteiger partial charge in [0, 0.05) is 5.56 Å². The number of rotatable bonds is 6. The van der Waals surface area contributed by atoms with Crippen molar-refractivity contribution in [1.29, 1.82) is 0 Å². The fourth-order valence-corrected chi connectivity index (χ4v) is 3.56. The number of methoxy groups -OCH3 is 1. The van der Waals surface area contributed by atoms with Gasteiger partial charge < -0.3 is 4.74 Å². The lowest BCUT2D eigenvalue weighted by Crippen LogP contribution is -2.03. The van der Waals surface area contributed by atoms with E-state index in [-0.39, 0.29) is 17.4 Å². The highest BCUT2D eigenvalue weighted by Gasteiger charge is 2.14. The van der Waals surface area contributed by atoms with E-state index in [0.717, 1.165) is 5.39 Å². The molecule has 0 fully saturated rings. The number of thioether (sulfide) groups is 1. The van der Waals surface area contributed by atoms with E-state index in [1.54, 1.807) is 54.4 Å². The Bertz CT molecular complexity index is 1130. The van der Waals surface area contributed by atoms with E-state index < -0.39 is 0 Å². The number of halogens is 1. The molecule has 0 aliphatic carbocycles. The number of Topliss-reactive ketones (excluding diaryl/α,β-unsaturated/α-hetero) is 1. The van der Waals surface area contributed by atoms with Crippen LogP contribution in [0.3, 0.4) is 0 Å². The van der Waals surface area contributed by atoms with E-state index in [4.69, 9.17) is 4.74 Å². The number of nitrogens with zero attached hydrogens (tertiary/aromatic N) is 4. The van der Waals surface area contributed by atoms with Gasteiger partial charge in [-0.3, -0.25) is 4.79 Å². The molecular formula is C20H15FN4O2S. The Kier molecular flexibility index (Phi) is 5.03. The molecule has 4 rings (SSSR count). The third kappa shape index (κ3) is 3.59. The third-order valence-corrected chi connectivity index (χ3v) is 5.16. The predicted octanol–water partition coefficient (Wildman–Crippen LogP) is 3.94. The second kappa shape index (κ2) is 7.77. The normalized spacial score (nSPS) is 10.9. The van der Waals surface area contributed by atoms with Crippen molar-refractivity contribution in [3.05, 3.63) is 72.4 Å². The second-order valence-corrected chi connectivity index (χ2v) is 6.85. The van der Waals surface area contributed by atoms with Crippen molar-refractivity contribution in [2.45, 2.75) is 5.03 Å². The molecule has 0 saturated heterocycles. The van der Waals surface area contributed by atoms with E-state index >= 15 is 0 Å². The first-order valence-corrected chi connectivity index (χ1v) is 9.39. The van der Waals surface area contributed by atoms with Crippen molar-refractivity contribution in [3.63, 3.8) is 0 Å². The molecule has 0 bridgehead atoms. The van der Waals surface area contributed by atoms with Gasteiger partial charge in [0.2, 0.25) is 0 Å². The molecule has 0 amide bonds. The Balaban J connectivity index is 1.56. The molecule has 0 atom stereocenters. The van der Waals surface area contributed by atoms with Gasteiger partial charge in [0.1, 0.15) is 22.9 Å². The van der Waals surface area contributed by atoms with Gasteiger partial charge in [-0.25, -0.2) is 19.0 Å². The van der Waals surface area contributed by atoms with E-state index in [1.807, 2.05) is 0 Å². The van der Waals surface area contributed by atoms with Gasteiger partial charge in [0.05, 0.1) is 30.1 Å². The Morgan fingerprint density at radius 1 is 1.11 bits per heavy atom. The summed E-state index contributed by atoms with van der Waals surface area (Å²) < 4.78 is 19.9. The van der Waals surface area contributed by atoms with Gasteiger partial charge in [-0.05, 0) is 48.5 Å². The molecule has 2 aromatic heterocycles. The number of hydrogen-bond acceptors (Lipinski definition) is 6. The van der Waals surface area contributed by atoms with Crippen molar-refractivity contribution in [1.82, 2.24) is 19.7 Å². The molecule has 0 saturated carbocycles. The van der Waals surface area contributed by atoms with Gasteiger partial charge in [0.15, 0.2) is 11.4 Å². The topological polar surface area (TPSA) is 69.9 Å². The Labute approximate surface area is 164 Å². The zero-order valence-electron chi connectivity index (χ0n) is 14.9. The summed E-state index contributed by atoms with van der Waals surface area (Å²) >= 11 is 1.33. The summed E-state index contributed by atoms with van der Waals surface area (Å²) in [5.41, 5.74) is 1.90. The van der Waals surface area contributed by atoms with Crippen LogP contribution in [-0.4, -0.2) is 38.4 Å². The first-order valence-electron chi connectivity index (χ1n) is 8.40. The lowest BCUT2D eigenvalue weighted by Gasteiger charge is -2.05. The van der Waals surface area contributed by atoms with Crippen molar-refractivity contribution in [2.24, 2.45) is 0 Å². The fraction of sp³-hybridized carbons (Fsp3) is 0.100. The minimum Gasteiger partial charge on any atom is -0.497 e. The molecule has 6 nitrogen and oxygen atoms in total. The van der Waals surface area contributed by atoms with E-state index in [1.165, 1.54) is 30.2 Å². The Hall–Kier alpha value is -3.26. The maximum atomic E-state index is 13.2. The van der Waals surface area contributed by atoms with Crippen LogP contribution in [0.25, 0.3) is 16.7 Å². The van der Waals surface area contributed by atoms with Gasteiger partial charge in [0.25, 0.3) is 0 Å².